The van der Waals surface area contributed by atoms with E-state index in [1.165, 1.54) is 0 Å². The van der Waals surface area contributed by atoms with E-state index in [9.17, 15) is 4.79 Å². The third kappa shape index (κ3) is 4.06. The van der Waals surface area contributed by atoms with Gasteiger partial charge in [-0.05, 0) is 24.3 Å². The van der Waals surface area contributed by atoms with Crippen LogP contribution in [0, 0.1) is 0 Å². The molecule has 8 heteroatoms. The standard InChI is InChI=1S/C14H18N4O2S.ClH/c15-10-3-1-7-18(9-10)13(19)6-5-12-16-14(17-20-12)11-4-2-8-21-11;/h2,4,8,10H,1,3,5-7,9,15H2;1H. The number of thiophene rings is 1. The highest BCUT2D eigenvalue weighted by molar-refractivity contribution is 7.13. The summed E-state index contributed by atoms with van der Waals surface area (Å²) >= 11 is 1.56. The second-order valence-corrected chi connectivity index (χ2v) is 6.18. The fourth-order valence-corrected chi connectivity index (χ4v) is 3.12. The number of halogens is 1. The monoisotopic (exact) mass is 342 g/mol. The number of rotatable bonds is 4. The number of nitrogens with two attached hydrogens (primary N) is 1. The summed E-state index contributed by atoms with van der Waals surface area (Å²) in [4.78, 5) is 19.3. The molecule has 1 fully saturated rings. The normalized spacial score (nSPS) is 18.0. The fourth-order valence-electron chi connectivity index (χ4n) is 2.47. The maximum atomic E-state index is 12.1. The lowest BCUT2D eigenvalue weighted by Gasteiger charge is -2.30. The molecule has 3 rings (SSSR count). The van der Waals surface area contributed by atoms with Crippen LogP contribution in [0.3, 0.4) is 0 Å². The van der Waals surface area contributed by atoms with E-state index >= 15 is 0 Å². The molecule has 0 spiro atoms. The van der Waals surface area contributed by atoms with Crippen LogP contribution in [0.4, 0.5) is 0 Å². The summed E-state index contributed by atoms with van der Waals surface area (Å²) in [5.74, 6) is 1.21. The van der Waals surface area contributed by atoms with Crippen molar-refractivity contribution in [3.63, 3.8) is 0 Å². The number of aryl methyl sites for hydroxylation is 1. The van der Waals surface area contributed by atoms with Crippen molar-refractivity contribution >= 4 is 29.7 Å². The zero-order valence-electron chi connectivity index (χ0n) is 12.1. The Kier molecular flexibility index (Phi) is 5.93. The number of hydrogen-bond acceptors (Lipinski definition) is 6. The molecule has 0 bridgehead atoms. The molecule has 6 nitrogen and oxygen atoms in total. The van der Waals surface area contributed by atoms with E-state index in [1.54, 1.807) is 11.3 Å². The molecule has 22 heavy (non-hydrogen) atoms. The number of piperidine rings is 1. The number of nitrogens with zero attached hydrogens (tertiary/aromatic N) is 3. The highest BCUT2D eigenvalue weighted by Crippen LogP contribution is 2.21. The highest BCUT2D eigenvalue weighted by Gasteiger charge is 2.21. The molecule has 2 N–H and O–H groups in total. The Labute approximate surface area is 139 Å². The molecule has 1 aliphatic heterocycles. The van der Waals surface area contributed by atoms with Gasteiger partial charge < -0.3 is 15.2 Å². The van der Waals surface area contributed by atoms with Gasteiger partial charge in [-0.3, -0.25) is 4.79 Å². The van der Waals surface area contributed by atoms with Gasteiger partial charge in [-0.2, -0.15) is 4.98 Å². The van der Waals surface area contributed by atoms with Crippen molar-refractivity contribution in [1.82, 2.24) is 15.0 Å². The first-order valence-corrected chi connectivity index (χ1v) is 8.00. The van der Waals surface area contributed by atoms with Crippen molar-refractivity contribution < 1.29 is 9.32 Å². The number of aromatic nitrogens is 2. The molecule has 2 aromatic heterocycles. The topological polar surface area (TPSA) is 85.2 Å². The third-order valence-electron chi connectivity index (χ3n) is 3.57. The average molecular weight is 343 g/mol. The van der Waals surface area contributed by atoms with Crippen molar-refractivity contribution in [1.29, 1.82) is 0 Å². The zero-order chi connectivity index (χ0) is 14.7. The Balaban J connectivity index is 0.00000176. The van der Waals surface area contributed by atoms with Crippen molar-refractivity contribution in [2.75, 3.05) is 13.1 Å². The molecule has 0 saturated carbocycles. The van der Waals surface area contributed by atoms with Crippen LogP contribution in [0.2, 0.25) is 0 Å². The van der Waals surface area contributed by atoms with E-state index < -0.39 is 0 Å². The van der Waals surface area contributed by atoms with Gasteiger partial charge in [0, 0.05) is 32.0 Å². The van der Waals surface area contributed by atoms with Gasteiger partial charge >= 0.3 is 0 Å². The van der Waals surface area contributed by atoms with Crippen LogP contribution < -0.4 is 5.73 Å². The maximum absolute atomic E-state index is 12.1. The van der Waals surface area contributed by atoms with E-state index in [-0.39, 0.29) is 24.4 Å². The summed E-state index contributed by atoms with van der Waals surface area (Å²) in [5, 5.41) is 5.91. The summed E-state index contributed by atoms with van der Waals surface area (Å²) in [6.07, 6.45) is 2.84. The first-order chi connectivity index (χ1) is 10.2. The zero-order valence-corrected chi connectivity index (χ0v) is 13.7. The summed E-state index contributed by atoms with van der Waals surface area (Å²) in [5.41, 5.74) is 5.89. The van der Waals surface area contributed by atoms with Gasteiger partial charge in [-0.1, -0.05) is 11.2 Å². The first-order valence-electron chi connectivity index (χ1n) is 7.12. The van der Waals surface area contributed by atoms with Gasteiger partial charge in [-0.15, -0.1) is 23.7 Å². The van der Waals surface area contributed by atoms with Gasteiger partial charge in [0.15, 0.2) is 0 Å². The quantitative estimate of drug-likeness (QED) is 0.919. The summed E-state index contributed by atoms with van der Waals surface area (Å²) in [7, 11) is 0. The van der Waals surface area contributed by atoms with Crippen LogP contribution >= 0.6 is 23.7 Å². The van der Waals surface area contributed by atoms with Crippen LogP contribution in [0.1, 0.15) is 25.2 Å². The van der Waals surface area contributed by atoms with Crippen molar-refractivity contribution in [3.05, 3.63) is 23.4 Å². The minimum Gasteiger partial charge on any atom is -0.341 e. The molecular weight excluding hydrogens is 324 g/mol. The van der Waals surface area contributed by atoms with Crippen LogP contribution in [-0.4, -0.2) is 40.1 Å². The summed E-state index contributed by atoms with van der Waals surface area (Å²) < 4.78 is 5.20. The Bertz CT molecular complexity index is 602. The SMILES string of the molecule is Cl.NC1CCCN(C(=O)CCc2nc(-c3cccs3)no2)C1. The second-order valence-electron chi connectivity index (χ2n) is 5.23. The molecule has 1 atom stereocenters. The molecule has 2 aromatic rings. The van der Waals surface area contributed by atoms with Gasteiger partial charge in [-0.25, -0.2) is 0 Å². The van der Waals surface area contributed by atoms with Crippen LogP contribution in [0.15, 0.2) is 22.0 Å². The first kappa shape index (κ1) is 16.9. The molecule has 0 radical (unpaired) electrons. The predicted molar refractivity (Wildman–Crippen MR) is 87.0 cm³/mol. The Morgan fingerprint density at radius 2 is 2.41 bits per heavy atom. The van der Waals surface area contributed by atoms with E-state index in [4.69, 9.17) is 10.3 Å². The van der Waals surface area contributed by atoms with E-state index in [0.29, 0.717) is 31.1 Å². The maximum Gasteiger partial charge on any atom is 0.227 e. The third-order valence-corrected chi connectivity index (χ3v) is 4.44. The number of hydrogen-bond donors (Lipinski definition) is 1. The Hall–Kier alpha value is -1.44. The average Bonchev–Trinajstić information content (AvgIpc) is 3.15. The number of carbonyl (C=O) groups excluding carboxylic acids is 1. The minimum atomic E-state index is 0. The molecule has 0 aromatic carbocycles. The molecular formula is C14H19ClN4O2S. The second kappa shape index (κ2) is 7.71. The van der Waals surface area contributed by atoms with Crippen LogP contribution in [-0.2, 0) is 11.2 Å². The van der Waals surface area contributed by atoms with E-state index in [0.717, 1.165) is 24.3 Å². The summed E-state index contributed by atoms with van der Waals surface area (Å²) in [6.45, 7) is 1.46. The number of likely N-dealkylation sites (tertiary alicyclic amines) is 1. The van der Waals surface area contributed by atoms with Crippen molar-refractivity contribution in [2.24, 2.45) is 5.73 Å². The number of amides is 1. The molecule has 120 valence electrons. The van der Waals surface area contributed by atoms with E-state index in [1.807, 2.05) is 22.4 Å². The van der Waals surface area contributed by atoms with Crippen LogP contribution in [0.25, 0.3) is 10.7 Å². The molecule has 3 heterocycles. The highest BCUT2D eigenvalue weighted by atomic mass is 35.5. The molecule has 1 amide bonds. The smallest absolute Gasteiger partial charge is 0.227 e. The van der Waals surface area contributed by atoms with Crippen molar-refractivity contribution in [3.8, 4) is 10.7 Å². The van der Waals surface area contributed by atoms with Gasteiger partial charge in [0.1, 0.15) is 0 Å². The largest absolute Gasteiger partial charge is 0.341 e. The lowest BCUT2D eigenvalue weighted by Crippen LogP contribution is -2.45. The fraction of sp³-hybridized carbons (Fsp3) is 0.500. The molecule has 1 aliphatic rings. The van der Waals surface area contributed by atoms with Gasteiger partial charge in [0.2, 0.25) is 17.6 Å². The summed E-state index contributed by atoms with van der Waals surface area (Å²) in [6, 6.07) is 4.00. The molecule has 1 saturated heterocycles. The molecule has 1 unspecified atom stereocenters. The van der Waals surface area contributed by atoms with E-state index in [2.05, 4.69) is 10.1 Å². The van der Waals surface area contributed by atoms with Gasteiger partial charge in [0.05, 0.1) is 4.88 Å². The lowest BCUT2D eigenvalue weighted by molar-refractivity contribution is -0.132. The molecule has 0 aliphatic carbocycles. The Morgan fingerprint density at radius 1 is 1.55 bits per heavy atom. The van der Waals surface area contributed by atoms with Gasteiger partial charge in [0.25, 0.3) is 0 Å². The predicted octanol–water partition coefficient (Wildman–Crippen LogP) is 2.10. The lowest BCUT2D eigenvalue weighted by atomic mass is 10.1. The van der Waals surface area contributed by atoms with Crippen molar-refractivity contribution in [2.45, 2.75) is 31.7 Å². The van der Waals surface area contributed by atoms with Crippen LogP contribution in [0.5, 0.6) is 0 Å². The minimum absolute atomic E-state index is 0. The Morgan fingerprint density at radius 3 is 3.14 bits per heavy atom. The number of carbonyl (C=O) groups is 1.